The van der Waals surface area contributed by atoms with Gasteiger partial charge in [0.2, 0.25) is 5.95 Å². The average molecular weight is 364 g/mol. The molecule has 0 radical (unpaired) electrons. The third-order valence-corrected chi connectivity index (χ3v) is 4.04. The highest BCUT2D eigenvalue weighted by Gasteiger charge is 2.26. The first-order valence-corrected chi connectivity index (χ1v) is 8.31. The van der Waals surface area contributed by atoms with E-state index in [2.05, 4.69) is 20.6 Å². The summed E-state index contributed by atoms with van der Waals surface area (Å²) in [5.41, 5.74) is 1.04. The van der Waals surface area contributed by atoms with Gasteiger partial charge in [0.15, 0.2) is 0 Å². The number of nitrogens with one attached hydrogen (secondary N) is 2. The lowest BCUT2D eigenvalue weighted by Crippen LogP contribution is -2.21. The number of hydrogen-bond donors (Lipinski definition) is 3. The molecule has 1 aliphatic carbocycles. The molecule has 0 unspecified atom stereocenters. The van der Waals surface area contributed by atoms with Gasteiger partial charge in [-0.3, -0.25) is 10.1 Å². The lowest BCUT2D eigenvalue weighted by molar-refractivity contribution is -0.383. The number of aliphatic hydroxyl groups is 1. The molecular weight excluding hydrogens is 346 g/mol. The van der Waals surface area contributed by atoms with Gasteiger partial charge in [0, 0.05) is 29.1 Å². The smallest absolute Gasteiger partial charge is 0.292 e. The first-order chi connectivity index (χ1) is 12.0. The average Bonchev–Trinajstić information content (AvgIpc) is 3.39. The van der Waals surface area contributed by atoms with Crippen LogP contribution in [0, 0.1) is 10.1 Å². The number of anilines is 3. The van der Waals surface area contributed by atoms with E-state index in [0.717, 1.165) is 18.5 Å². The molecule has 1 atom stereocenters. The summed E-state index contributed by atoms with van der Waals surface area (Å²) in [6, 6.07) is 5.89. The van der Waals surface area contributed by atoms with Crippen molar-refractivity contribution < 1.29 is 10.0 Å². The van der Waals surface area contributed by atoms with E-state index >= 15 is 0 Å². The van der Waals surface area contributed by atoms with Crippen molar-refractivity contribution in [3.63, 3.8) is 0 Å². The van der Waals surface area contributed by atoms with E-state index in [1.165, 1.54) is 18.2 Å². The topological polar surface area (TPSA) is 113 Å². The van der Waals surface area contributed by atoms with E-state index in [4.69, 9.17) is 11.6 Å². The third kappa shape index (κ3) is 4.34. The molecule has 1 aromatic heterocycles. The highest BCUT2D eigenvalue weighted by atomic mass is 35.5. The van der Waals surface area contributed by atoms with Crippen molar-refractivity contribution in [2.75, 3.05) is 17.2 Å². The van der Waals surface area contributed by atoms with Crippen LogP contribution in [0.3, 0.4) is 0 Å². The molecule has 0 spiro atoms. The van der Waals surface area contributed by atoms with Gasteiger partial charge in [-0.1, -0.05) is 11.6 Å². The molecule has 0 saturated heterocycles. The van der Waals surface area contributed by atoms with E-state index in [0.29, 0.717) is 22.7 Å². The second-order valence-corrected chi connectivity index (χ2v) is 6.48. The van der Waals surface area contributed by atoms with Gasteiger partial charge in [-0.2, -0.15) is 4.98 Å². The summed E-state index contributed by atoms with van der Waals surface area (Å²) in [6.07, 6.45) is 2.12. The summed E-state index contributed by atoms with van der Waals surface area (Å²) in [6.45, 7) is 1.75. The number of aromatic nitrogens is 2. The molecule has 2 aromatic rings. The van der Waals surface area contributed by atoms with E-state index in [1.54, 1.807) is 6.07 Å². The van der Waals surface area contributed by atoms with Crippen molar-refractivity contribution in [1.29, 1.82) is 0 Å². The number of nitro benzene ring substituents is 1. The van der Waals surface area contributed by atoms with Gasteiger partial charge in [-0.15, -0.1) is 0 Å². The predicted octanol–water partition coefficient (Wildman–Crippen LogP) is 3.45. The SMILES string of the molecule is C[C@@H](CO)Nc1nc(Nc2cc(Cl)ccc2[N+](=O)[O-])cc(C2CC2)n1. The number of aliphatic hydroxyl groups excluding tert-OH is 1. The Morgan fingerprint density at radius 3 is 2.80 bits per heavy atom. The zero-order valence-corrected chi connectivity index (χ0v) is 14.3. The monoisotopic (exact) mass is 363 g/mol. The molecule has 1 aromatic carbocycles. The molecule has 3 rings (SSSR count). The molecule has 1 heterocycles. The summed E-state index contributed by atoms with van der Waals surface area (Å²) >= 11 is 5.96. The van der Waals surface area contributed by atoms with Crippen molar-refractivity contribution in [2.24, 2.45) is 0 Å². The normalized spacial score (nSPS) is 14.8. The summed E-state index contributed by atoms with van der Waals surface area (Å²) in [5.74, 6) is 1.19. The second kappa shape index (κ2) is 7.20. The maximum absolute atomic E-state index is 11.2. The molecule has 0 aliphatic heterocycles. The summed E-state index contributed by atoms with van der Waals surface area (Å²) in [5, 5.41) is 26.8. The standard InChI is InChI=1S/C16H18ClN5O3/c1-9(8-23)18-16-20-12(10-2-3-10)7-15(21-16)19-13-6-11(17)4-5-14(13)22(24)25/h4-7,9-10,23H,2-3,8H2,1H3,(H2,18,19,20,21)/t9-/m0/s1. The first kappa shape index (κ1) is 17.4. The van der Waals surface area contributed by atoms with Crippen LogP contribution < -0.4 is 10.6 Å². The number of hydrogen-bond acceptors (Lipinski definition) is 7. The number of halogens is 1. The molecule has 0 bridgehead atoms. The highest BCUT2D eigenvalue weighted by molar-refractivity contribution is 6.31. The number of benzene rings is 1. The van der Waals surface area contributed by atoms with E-state index in [9.17, 15) is 15.2 Å². The predicted molar refractivity (Wildman–Crippen MR) is 95.6 cm³/mol. The molecule has 8 nitrogen and oxygen atoms in total. The van der Waals surface area contributed by atoms with Gasteiger partial charge in [0.25, 0.3) is 5.69 Å². The highest BCUT2D eigenvalue weighted by Crippen LogP contribution is 2.40. The fraction of sp³-hybridized carbons (Fsp3) is 0.375. The Morgan fingerprint density at radius 2 is 2.16 bits per heavy atom. The van der Waals surface area contributed by atoms with Crippen LogP contribution in [0.25, 0.3) is 0 Å². The largest absolute Gasteiger partial charge is 0.394 e. The van der Waals surface area contributed by atoms with Gasteiger partial charge >= 0.3 is 0 Å². The van der Waals surface area contributed by atoms with Crippen molar-refractivity contribution in [3.8, 4) is 0 Å². The van der Waals surface area contributed by atoms with Gasteiger partial charge in [-0.25, -0.2) is 4.98 Å². The van der Waals surface area contributed by atoms with Crippen LogP contribution in [0.1, 0.15) is 31.4 Å². The number of nitro groups is 1. The zero-order valence-electron chi connectivity index (χ0n) is 13.6. The second-order valence-electron chi connectivity index (χ2n) is 6.05. The molecule has 1 saturated carbocycles. The minimum absolute atomic E-state index is 0.0560. The van der Waals surface area contributed by atoms with Crippen LogP contribution >= 0.6 is 11.6 Å². The quantitative estimate of drug-likeness (QED) is 0.510. The van der Waals surface area contributed by atoms with Crippen LogP contribution in [-0.4, -0.2) is 32.6 Å². The maximum atomic E-state index is 11.2. The molecule has 132 valence electrons. The van der Waals surface area contributed by atoms with E-state index in [-0.39, 0.29) is 24.0 Å². The fourth-order valence-corrected chi connectivity index (χ4v) is 2.53. The molecule has 0 amide bonds. The molecule has 25 heavy (non-hydrogen) atoms. The minimum Gasteiger partial charge on any atom is -0.394 e. The molecule has 1 aliphatic rings. The number of nitrogens with zero attached hydrogens (tertiary/aromatic N) is 3. The Bertz CT molecular complexity index is 797. The number of rotatable bonds is 7. The van der Waals surface area contributed by atoms with Crippen LogP contribution in [0.2, 0.25) is 5.02 Å². The van der Waals surface area contributed by atoms with Gasteiger partial charge < -0.3 is 15.7 Å². The molecule has 9 heteroatoms. The van der Waals surface area contributed by atoms with Gasteiger partial charge in [0.1, 0.15) is 11.5 Å². The van der Waals surface area contributed by atoms with Crippen LogP contribution in [0.15, 0.2) is 24.3 Å². The fourth-order valence-electron chi connectivity index (χ4n) is 2.35. The van der Waals surface area contributed by atoms with E-state index in [1.807, 2.05) is 6.92 Å². The molecule has 3 N–H and O–H groups in total. The van der Waals surface area contributed by atoms with Crippen LogP contribution in [0.4, 0.5) is 23.1 Å². The lowest BCUT2D eigenvalue weighted by atomic mass is 10.2. The Kier molecular flexibility index (Phi) is 5.00. The molecular formula is C16H18ClN5O3. The van der Waals surface area contributed by atoms with Crippen molar-refractivity contribution in [1.82, 2.24) is 9.97 Å². The van der Waals surface area contributed by atoms with Crippen LogP contribution in [0.5, 0.6) is 0 Å². The Hall–Kier alpha value is -2.45. The third-order valence-electron chi connectivity index (χ3n) is 3.81. The van der Waals surface area contributed by atoms with Gasteiger partial charge in [0.05, 0.1) is 17.2 Å². The van der Waals surface area contributed by atoms with E-state index < -0.39 is 4.92 Å². The van der Waals surface area contributed by atoms with Gasteiger partial charge in [-0.05, 0) is 31.9 Å². The maximum Gasteiger partial charge on any atom is 0.292 e. The Balaban J connectivity index is 1.94. The summed E-state index contributed by atoms with van der Waals surface area (Å²) in [4.78, 5) is 19.5. The summed E-state index contributed by atoms with van der Waals surface area (Å²) in [7, 11) is 0. The lowest BCUT2D eigenvalue weighted by Gasteiger charge is -2.14. The first-order valence-electron chi connectivity index (χ1n) is 7.93. The van der Waals surface area contributed by atoms with Crippen molar-refractivity contribution in [3.05, 3.63) is 45.1 Å². The summed E-state index contributed by atoms with van der Waals surface area (Å²) < 4.78 is 0. The van der Waals surface area contributed by atoms with Crippen molar-refractivity contribution >= 4 is 34.7 Å². The Morgan fingerprint density at radius 1 is 1.40 bits per heavy atom. The van der Waals surface area contributed by atoms with Crippen LogP contribution in [-0.2, 0) is 0 Å². The minimum atomic E-state index is -0.478. The molecule has 1 fully saturated rings. The Labute approximate surface area is 149 Å². The zero-order chi connectivity index (χ0) is 18.0. The van der Waals surface area contributed by atoms with Crippen molar-refractivity contribution in [2.45, 2.75) is 31.7 Å².